The van der Waals surface area contributed by atoms with Gasteiger partial charge in [0.05, 0.1) is 0 Å². The zero-order valence-electron chi connectivity index (χ0n) is 12.6. The Hall–Kier alpha value is -1.93. The van der Waals surface area contributed by atoms with E-state index in [1.807, 2.05) is 18.5 Å². The van der Waals surface area contributed by atoms with E-state index in [0.29, 0.717) is 0 Å². The van der Waals surface area contributed by atoms with Gasteiger partial charge in [0, 0.05) is 24.5 Å². The number of rotatable bonds is 4. The quantitative estimate of drug-likeness (QED) is 0.842. The van der Waals surface area contributed by atoms with Crippen molar-refractivity contribution in [3.05, 3.63) is 71.6 Å². The summed E-state index contributed by atoms with van der Waals surface area (Å²) in [7, 11) is 0. The highest BCUT2D eigenvalue weighted by Crippen LogP contribution is 2.23. The van der Waals surface area contributed by atoms with Gasteiger partial charge < -0.3 is 0 Å². The van der Waals surface area contributed by atoms with Gasteiger partial charge in [-0.15, -0.1) is 0 Å². The number of likely N-dealkylation sites (tertiary alicyclic amines) is 1. The SMILES string of the molecule is Cc1ccc(/C(=C\CN2CCCC2)c2cccnc2)cc1. The van der Waals surface area contributed by atoms with Crippen LogP contribution in [0.4, 0.5) is 0 Å². The average Bonchev–Trinajstić information content (AvgIpc) is 3.04. The standard InChI is InChI=1S/C19H22N2/c1-16-6-8-17(9-7-16)19(18-5-4-11-20-15-18)10-14-21-12-2-3-13-21/h4-11,15H,2-3,12-14H2,1H3/b19-10+. The van der Waals surface area contributed by atoms with Gasteiger partial charge in [0.25, 0.3) is 0 Å². The molecule has 0 aliphatic carbocycles. The average molecular weight is 278 g/mol. The molecule has 1 saturated heterocycles. The van der Waals surface area contributed by atoms with Gasteiger partial charge in [-0.3, -0.25) is 9.88 Å². The zero-order chi connectivity index (χ0) is 14.5. The zero-order valence-corrected chi connectivity index (χ0v) is 12.6. The van der Waals surface area contributed by atoms with Crippen LogP contribution >= 0.6 is 0 Å². The largest absolute Gasteiger partial charge is 0.300 e. The molecule has 2 heteroatoms. The minimum Gasteiger partial charge on any atom is -0.300 e. The van der Waals surface area contributed by atoms with Crippen LogP contribution in [-0.2, 0) is 0 Å². The Bertz CT molecular complexity index is 593. The maximum absolute atomic E-state index is 4.27. The molecule has 1 aliphatic rings. The predicted molar refractivity (Wildman–Crippen MR) is 88.2 cm³/mol. The summed E-state index contributed by atoms with van der Waals surface area (Å²) in [5, 5.41) is 0. The molecule has 1 aromatic carbocycles. The van der Waals surface area contributed by atoms with Crippen molar-refractivity contribution in [1.29, 1.82) is 0 Å². The van der Waals surface area contributed by atoms with Crippen molar-refractivity contribution >= 4 is 5.57 Å². The van der Waals surface area contributed by atoms with Crippen molar-refractivity contribution < 1.29 is 0 Å². The smallest absolute Gasteiger partial charge is 0.0346 e. The summed E-state index contributed by atoms with van der Waals surface area (Å²) < 4.78 is 0. The van der Waals surface area contributed by atoms with E-state index in [-0.39, 0.29) is 0 Å². The molecule has 0 amide bonds. The normalized spacial score (nSPS) is 16.3. The van der Waals surface area contributed by atoms with Gasteiger partial charge >= 0.3 is 0 Å². The van der Waals surface area contributed by atoms with Crippen LogP contribution in [0, 0.1) is 6.92 Å². The van der Waals surface area contributed by atoms with Crippen LogP contribution in [-0.4, -0.2) is 29.5 Å². The van der Waals surface area contributed by atoms with Gasteiger partial charge in [-0.2, -0.15) is 0 Å². The number of aryl methyl sites for hydroxylation is 1. The van der Waals surface area contributed by atoms with Crippen LogP contribution < -0.4 is 0 Å². The van der Waals surface area contributed by atoms with E-state index in [0.717, 1.165) is 6.54 Å². The Morgan fingerprint density at radius 1 is 1.10 bits per heavy atom. The molecule has 0 unspecified atom stereocenters. The third-order valence-corrected chi connectivity index (χ3v) is 4.09. The molecule has 2 aromatic rings. The maximum Gasteiger partial charge on any atom is 0.0346 e. The van der Waals surface area contributed by atoms with Crippen molar-refractivity contribution in [2.75, 3.05) is 19.6 Å². The van der Waals surface area contributed by atoms with Gasteiger partial charge in [0.2, 0.25) is 0 Å². The molecule has 108 valence electrons. The number of pyridine rings is 1. The monoisotopic (exact) mass is 278 g/mol. The highest BCUT2D eigenvalue weighted by molar-refractivity contribution is 5.79. The molecular weight excluding hydrogens is 256 g/mol. The number of hydrogen-bond donors (Lipinski definition) is 0. The number of nitrogens with zero attached hydrogens (tertiary/aromatic N) is 2. The predicted octanol–water partition coefficient (Wildman–Crippen LogP) is 3.92. The van der Waals surface area contributed by atoms with E-state index in [9.17, 15) is 0 Å². The van der Waals surface area contributed by atoms with Gasteiger partial charge in [-0.1, -0.05) is 42.0 Å². The Morgan fingerprint density at radius 3 is 2.52 bits per heavy atom. The molecule has 2 nitrogen and oxygen atoms in total. The van der Waals surface area contributed by atoms with Crippen LogP contribution in [0.3, 0.4) is 0 Å². The fourth-order valence-electron chi connectivity index (χ4n) is 2.84. The molecule has 1 aliphatic heterocycles. The minimum absolute atomic E-state index is 1.03. The Labute approximate surface area is 127 Å². The van der Waals surface area contributed by atoms with E-state index >= 15 is 0 Å². The van der Waals surface area contributed by atoms with Crippen LogP contribution in [0.25, 0.3) is 5.57 Å². The van der Waals surface area contributed by atoms with Crippen molar-refractivity contribution in [2.45, 2.75) is 19.8 Å². The first-order valence-electron chi connectivity index (χ1n) is 7.73. The summed E-state index contributed by atoms with van der Waals surface area (Å²) in [5.74, 6) is 0. The van der Waals surface area contributed by atoms with E-state index in [1.54, 1.807) is 0 Å². The molecule has 0 atom stereocenters. The lowest BCUT2D eigenvalue weighted by Gasteiger charge is -2.14. The maximum atomic E-state index is 4.27. The summed E-state index contributed by atoms with van der Waals surface area (Å²) in [6.07, 6.45) is 8.81. The molecule has 0 saturated carbocycles. The van der Waals surface area contributed by atoms with Gasteiger partial charge in [0.1, 0.15) is 0 Å². The molecule has 0 bridgehead atoms. The molecule has 3 rings (SSSR count). The second-order valence-corrected chi connectivity index (χ2v) is 5.73. The third kappa shape index (κ3) is 3.59. The van der Waals surface area contributed by atoms with E-state index in [4.69, 9.17) is 0 Å². The van der Waals surface area contributed by atoms with Crippen LogP contribution in [0.1, 0.15) is 29.5 Å². The van der Waals surface area contributed by atoms with E-state index in [1.165, 1.54) is 48.2 Å². The Balaban J connectivity index is 1.90. The number of aromatic nitrogens is 1. The number of benzene rings is 1. The molecule has 1 fully saturated rings. The highest BCUT2D eigenvalue weighted by Gasteiger charge is 2.11. The lowest BCUT2D eigenvalue weighted by molar-refractivity contribution is 0.377. The van der Waals surface area contributed by atoms with Crippen molar-refractivity contribution in [2.24, 2.45) is 0 Å². The second-order valence-electron chi connectivity index (χ2n) is 5.73. The van der Waals surface area contributed by atoms with Crippen LogP contribution in [0.15, 0.2) is 54.9 Å². The summed E-state index contributed by atoms with van der Waals surface area (Å²) in [6, 6.07) is 12.9. The van der Waals surface area contributed by atoms with Gasteiger partial charge in [0.15, 0.2) is 0 Å². The summed E-state index contributed by atoms with van der Waals surface area (Å²) in [5.41, 5.74) is 5.05. The fourth-order valence-corrected chi connectivity index (χ4v) is 2.84. The minimum atomic E-state index is 1.03. The molecule has 21 heavy (non-hydrogen) atoms. The van der Waals surface area contributed by atoms with Crippen molar-refractivity contribution in [3.63, 3.8) is 0 Å². The first kappa shape index (κ1) is 14.0. The van der Waals surface area contributed by atoms with E-state index in [2.05, 4.69) is 53.2 Å². The summed E-state index contributed by atoms with van der Waals surface area (Å²) in [4.78, 5) is 6.79. The second kappa shape index (κ2) is 6.68. The Morgan fingerprint density at radius 2 is 1.86 bits per heavy atom. The number of hydrogen-bond acceptors (Lipinski definition) is 2. The first-order valence-corrected chi connectivity index (χ1v) is 7.73. The Kier molecular flexibility index (Phi) is 4.46. The van der Waals surface area contributed by atoms with Crippen LogP contribution in [0.5, 0.6) is 0 Å². The van der Waals surface area contributed by atoms with Crippen LogP contribution in [0.2, 0.25) is 0 Å². The summed E-state index contributed by atoms with van der Waals surface area (Å²) in [6.45, 7) is 5.61. The molecule has 1 aromatic heterocycles. The fraction of sp³-hybridized carbons (Fsp3) is 0.316. The molecular formula is C19H22N2. The van der Waals surface area contributed by atoms with Gasteiger partial charge in [-0.25, -0.2) is 0 Å². The lowest BCUT2D eigenvalue weighted by atomic mass is 9.98. The lowest BCUT2D eigenvalue weighted by Crippen LogP contribution is -2.19. The summed E-state index contributed by atoms with van der Waals surface area (Å²) >= 11 is 0. The van der Waals surface area contributed by atoms with Crippen molar-refractivity contribution in [3.8, 4) is 0 Å². The topological polar surface area (TPSA) is 16.1 Å². The van der Waals surface area contributed by atoms with Crippen molar-refractivity contribution in [1.82, 2.24) is 9.88 Å². The third-order valence-electron chi connectivity index (χ3n) is 4.09. The first-order chi connectivity index (χ1) is 10.3. The van der Waals surface area contributed by atoms with Gasteiger partial charge in [-0.05, 0) is 50.1 Å². The molecule has 2 heterocycles. The molecule has 0 spiro atoms. The highest BCUT2D eigenvalue weighted by atomic mass is 15.1. The molecule has 0 N–H and O–H groups in total. The van der Waals surface area contributed by atoms with E-state index < -0.39 is 0 Å². The molecule has 0 radical (unpaired) electrons.